The SMILES string of the molecule is COc1cc(/C=N/n2cnnc2)c2c(c1OCc1ccc(F)cc1)CN1CCc3cc4c(cc3C1C2)OCO4. The van der Waals surface area contributed by atoms with Crippen molar-refractivity contribution in [3.05, 3.63) is 94.3 Å². The third-order valence-electron chi connectivity index (χ3n) is 7.61. The van der Waals surface area contributed by atoms with Crippen LogP contribution >= 0.6 is 0 Å². The topological polar surface area (TPSA) is 83.2 Å². The van der Waals surface area contributed by atoms with Crippen LogP contribution in [0.1, 0.15) is 39.4 Å². The molecule has 0 aliphatic carbocycles. The van der Waals surface area contributed by atoms with Crippen molar-refractivity contribution in [3.8, 4) is 23.0 Å². The Morgan fingerprint density at radius 3 is 2.67 bits per heavy atom. The number of benzene rings is 3. The van der Waals surface area contributed by atoms with E-state index in [2.05, 4.69) is 32.3 Å². The molecule has 0 amide bonds. The Bertz CT molecular complexity index is 1560. The molecule has 3 aliphatic heterocycles. The normalized spacial score (nSPS) is 17.5. The summed E-state index contributed by atoms with van der Waals surface area (Å²) in [6.07, 6.45) is 6.59. The van der Waals surface area contributed by atoms with Gasteiger partial charge in [0.25, 0.3) is 0 Å². The quantitative estimate of drug-likeness (QED) is 0.346. The molecule has 0 saturated heterocycles. The Labute approximate surface area is 224 Å². The molecule has 198 valence electrons. The van der Waals surface area contributed by atoms with Gasteiger partial charge in [-0.1, -0.05) is 12.1 Å². The van der Waals surface area contributed by atoms with Crippen LogP contribution in [0.5, 0.6) is 23.0 Å². The predicted octanol–water partition coefficient (Wildman–Crippen LogP) is 4.27. The Morgan fingerprint density at radius 1 is 1.08 bits per heavy atom. The second kappa shape index (κ2) is 9.70. The van der Waals surface area contributed by atoms with Crippen molar-refractivity contribution < 1.29 is 23.3 Å². The summed E-state index contributed by atoms with van der Waals surface area (Å²) in [5.41, 5.74) is 6.60. The number of nitrogens with zero attached hydrogens (tertiary/aromatic N) is 5. The van der Waals surface area contributed by atoms with Gasteiger partial charge in [0.2, 0.25) is 6.79 Å². The van der Waals surface area contributed by atoms with E-state index in [-0.39, 0.29) is 18.7 Å². The third-order valence-corrected chi connectivity index (χ3v) is 7.61. The molecule has 7 rings (SSSR count). The molecule has 3 aromatic carbocycles. The summed E-state index contributed by atoms with van der Waals surface area (Å²) >= 11 is 0. The summed E-state index contributed by atoms with van der Waals surface area (Å²) in [6.45, 7) is 2.16. The lowest BCUT2D eigenvalue weighted by Gasteiger charge is -2.42. The minimum absolute atomic E-state index is 0.177. The summed E-state index contributed by atoms with van der Waals surface area (Å²) in [5.74, 6) is 2.67. The molecule has 1 atom stereocenters. The first-order chi connectivity index (χ1) is 19.2. The molecule has 4 heterocycles. The van der Waals surface area contributed by atoms with Gasteiger partial charge in [0.1, 0.15) is 25.1 Å². The Morgan fingerprint density at radius 2 is 1.87 bits per heavy atom. The van der Waals surface area contributed by atoms with E-state index in [1.165, 1.54) is 23.3 Å². The molecule has 0 bridgehead atoms. The highest BCUT2D eigenvalue weighted by atomic mass is 19.1. The summed E-state index contributed by atoms with van der Waals surface area (Å²) in [7, 11) is 1.64. The molecule has 9 nitrogen and oxygen atoms in total. The van der Waals surface area contributed by atoms with E-state index in [0.717, 1.165) is 53.1 Å². The molecule has 3 aliphatic rings. The fraction of sp³-hybridized carbons (Fsp3) is 0.276. The van der Waals surface area contributed by atoms with E-state index in [4.69, 9.17) is 18.9 Å². The molecular weight excluding hydrogens is 501 g/mol. The summed E-state index contributed by atoms with van der Waals surface area (Å²) < 4.78 is 38.6. The van der Waals surface area contributed by atoms with Gasteiger partial charge in [-0.05, 0) is 65.4 Å². The smallest absolute Gasteiger partial charge is 0.231 e. The second-order valence-corrected chi connectivity index (χ2v) is 9.80. The highest BCUT2D eigenvalue weighted by Gasteiger charge is 2.37. The van der Waals surface area contributed by atoms with Gasteiger partial charge >= 0.3 is 0 Å². The predicted molar refractivity (Wildman–Crippen MR) is 140 cm³/mol. The molecule has 1 aromatic heterocycles. The first-order valence-electron chi connectivity index (χ1n) is 12.8. The van der Waals surface area contributed by atoms with Gasteiger partial charge in [0.15, 0.2) is 23.0 Å². The minimum atomic E-state index is -0.274. The van der Waals surface area contributed by atoms with Crippen LogP contribution in [0.15, 0.2) is 60.2 Å². The number of ether oxygens (including phenoxy) is 4. The van der Waals surface area contributed by atoms with Crippen LogP contribution in [0.3, 0.4) is 0 Å². The molecule has 10 heteroatoms. The molecule has 39 heavy (non-hydrogen) atoms. The first kappa shape index (κ1) is 23.7. The molecule has 0 radical (unpaired) electrons. The highest BCUT2D eigenvalue weighted by molar-refractivity contribution is 5.84. The fourth-order valence-electron chi connectivity index (χ4n) is 5.67. The lowest BCUT2D eigenvalue weighted by Crippen LogP contribution is -2.40. The van der Waals surface area contributed by atoms with Crippen molar-refractivity contribution in [2.75, 3.05) is 20.4 Å². The number of aromatic nitrogens is 3. The maximum absolute atomic E-state index is 13.4. The van der Waals surface area contributed by atoms with Crippen LogP contribution in [0.25, 0.3) is 0 Å². The number of hydrogen-bond donors (Lipinski definition) is 0. The number of rotatable bonds is 6. The largest absolute Gasteiger partial charge is 0.493 e. The van der Waals surface area contributed by atoms with Crippen molar-refractivity contribution in [3.63, 3.8) is 0 Å². The summed E-state index contributed by atoms with van der Waals surface area (Å²) in [5, 5.41) is 12.2. The van der Waals surface area contributed by atoms with E-state index in [9.17, 15) is 4.39 Å². The van der Waals surface area contributed by atoms with Gasteiger partial charge < -0.3 is 18.9 Å². The van der Waals surface area contributed by atoms with Crippen LogP contribution in [-0.2, 0) is 26.0 Å². The number of hydrogen-bond acceptors (Lipinski definition) is 8. The lowest BCUT2D eigenvalue weighted by atomic mass is 9.82. The van der Waals surface area contributed by atoms with Crippen LogP contribution < -0.4 is 18.9 Å². The zero-order chi connectivity index (χ0) is 26.3. The van der Waals surface area contributed by atoms with E-state index in [1.807, 2.05) is 12.3 Å². The lowest BCUT2D eigenvalue weighted by molar-refractivity contribution is 0.155. The average molecular weight is 528 g/mol. The zero-order valence-corrected chi connectivity index (χ0v) is 21.3. The van der Waals surface area contributed by atoms with E-state index in [1.54, 1.807) is 36.6 Å². The Balaban J connectivity index is 1.30. The minimum Gasteiger partial charge on any atom is -0.493 e. The van der Waals surface area contributed by atoms with Crippen molar-refractivity contribution in [1.29, 1.82) is 0 Å². The van der Waals surface area contributed by atoms with Crippen molar-refractivity contribution in [2.45, 2.75) is 32.0 Å². The van der Waals surface area contributed by atoms with Gasteiger partial charge in [-0.15, -0.1) is 10.2 Å². The van der Waals surface area contributed by atoms with Gasteiger partial charge in [-0.25, -0.2) is 9.07 Å². The van der Waals surface area contributed by atoms with Gasteiger partial charge in [-0.3, -0.25) is 4.90 Å². The molecule has 0 N–H and O–H groups in total. The Kier molecular flexibility index (Phi) is 5.89. The molecular formula is C29H26FN5O4. The molecule has 0 fully saturated rings. The standard InChI is InChI=1S/C29H26FN5O4/c1-36-28-9-20(12-33-35-15-31-32-16-35)22-10-25-23-11-27-26(38-17-39-27)8-19(23)6-7-34(25)13-24(22)29(28)37-14-18-2-4-21(30)5-3-18/h2-5,8-9,11-12,15-16,25H,6-7,10,13-14,17H2,1H3/b33-12+. The van der Waals surface area contributed by atoms with Crippen LogP contribution in [0, 0.1) is 5.82 Å². The van der Waals surface area contributed by atoms with Crippen molar-refractivity contribution >= 4 is 6.21 Å². The molecule has 1 unspecified atom stereocenters. The molecule has 0 saturated carbocycles. The average Bonchev–Trinajstić information content (AvgIpc) is 3.65. The third kappa shape index (κ3) is 4.36. The zero-order valence-electron chi connectivity index (χ0n) is 21.3. The Hall–Kier alpha value is -4.44. The van der Waals surface area contributed by atoms with Crippen molar-refractivity contribution in [1.82, 2.24) is 19.8 Å². The number of fused-ring (bicyclic) bond motifs is 5. The first-order valence-corrected chi connectivity index (χ1v) is 12.8. The van der Waals surface area contributed by atoms with Crippen LogP contribution in [0.2, 0.25) is 0 Å². The summed E-state index contributed by atoms with van der Waals surface area (Å²) in [6, 6.07) is 12.8. The van der Waals surface area contributed by atoms with E-state index >= 15 is 0 Å². The van der Waals surface area contributed by atoms with Crippen LogP contribution in [0.4, 0.5) is 4.39 Å². The van der Waals surface area contributed by atoms with Crippen molar-refractivity contribution in [2.24, 2.45) is 5.10 Å². The van der Waals surface area contributed by atoms with E-state index < -0.39 is 0 Å². The maximum atomic E-state index is 13.4. The van der Waals surface area contributed by atoms with E-state index in [0.29, 0.717) is 24.7 Å². The van der Waals surface area contributed by atoms with Crippen LogP contribution in [-0.4, -0.2) is 46.4 Å². The monoisotopic (exact) mass is 527 g/mol. The fourth-order valence-corrected chi connectivity index (χ4v) is 5.67. The van der Waals surface area contributed by atoms with Gasteiger partial charge in [0, 0.05) is 30.3 Å². The molecule has 0 spiro atoms. The van der Waals surface area contributed by atoms with Gasteiger partial charge in [-0.2, -0.15) is 5.10 Å². The highest BCUT2D eigenvalue weighted by Crippen LogP contribution is 2.47. The van der Waals surface area contributed by atoms with Gasteiger partial charge in [0.05, 0.1) is 13.3 Å². The summed E-state index contributed by atoms with van der Waals surface area (Å²) in [4.78, 5) is 2.48. The molecule has 4 aromatic rings. The second-order valence-electron chi connectivity index (χ2n) is 9.80. The number of halogens is 1. The maximum Gasteiger partial charge on any atom is 0.231 e. The number of methoxy groups -OCH3 is 1.